The second-order valence-electron chi connectivity index (χ2n) is 5.40. The number of aliphatic hydroxyl groups is 1. The third-order valence-corrected chi connectivity index (χ3v) is 4.08. The molecule has 1 saturated carbocycles. The number of aryl methyl sites for hydroxylation is 1. The van der Waals surface area contributed by atoms with Crippen molar-refractivity contribution in [3.8, 4) is 0 Å². The summed E-state index contributed by atoms with van der Waals surface area (Å²) in [5.74, 6) is -0.636. The summed E-state index contributed by atoms with van der Waals surface area (Å²) < 4.78 is 5.09. The molecule has 0 amide bonds. The van der Waals surface area contributed by atoms with Gasteiger partial charge in [0.15, 0.2) is 0 Å². The molecular formula is C16H22O3. The fraction of sp³-hybridized carbons (Fsp3) is 0.562. The number of ether oxygens (including phenoxy) is 1. The minimum Gasteiger partial charge on any atom is -0.466 e. The van der Waals surface area contributed by atoms with Gasteiger partial charge in [0.25, 0.3) is 0 Å². The van der Waals surface area contributed by atoms with E-state index in [1.54, 1.807) is 6.92 Å². The smallest absolute Gasteiger partial charge is 0.311 e. The van der Waals surface area contributed by atoms with Gasteiger partial charge in [-0.05, 0) is 44.2 Å². The van der Waals surface area contributed by atoms with E-state index in [4.69, 9.17) is 4.74 Å². The molecule has 104 valence electrons. The number of rotatable bonds is 4. The molecule has 1 aromatic rings. The lowest BCUT2D eigenvalue weighted by atomic mass is 9.83. The zero-order valence-corrected chi connectivity index (χ0v) is 11.7. The van der Waals surface area contributed by atoms with Crippen LogP contribution in [0.4, 0.5) is 0 Å². The first-order chi connectivity index (χ1) is 9.07. The Hall–Kier alpha value is -1.35. The van der Waals surface area contributed by atoms with Crippen molar-refractivity contribution in [1.82, 2.24) is 0 Å². The molecule has 1 aliphatic rings. The number of esters is 1. The van der Waals surface area contributed by atoms with Crippen molar-refractivity contribution in [1.29, 1.82) is 0 Å². The Morgan fingerprint density at radius 3 is 2.89 bits per heavy atom. The first-order valence-corrected chi connectivity index (χ1v) is 7.00. The maximum Gasteiger partial charge on any atom is 0.311 e. The molecule has 0 radical (unpaired) electrons. The highest BCUT2D eigenvalue weighted by molar-refractivity contribution is 5.74. The van der Waals surface area contributed by atoms with Gasteiger partial charge in [-0.15, -0.1) is 0 Å². The zero-order chi connectivity index (χ0) is 13.9. The molecule has 1 aromatic carbocycles. The highest BCUT2D eigenvalue weighted by Crippen LogP contribution is 2.39. The van der Waals surface area contributed by atoms with E-state index in [2.05, 4.69) is 0 Å². The lowest BCUT2D eigenvalue weighted by Crippen LogP contribution is -2.41. The third kappa shape index (κ3) is 2.98. The maximum absolute atomic E-state index is 12.0. The molecule has 0 saturated heterocycles. The van der Waals surface area contributed by atoms with Crippen LogP contribution in [0, 0.1) is 12.8 Å². The molecule has 1 N–H and O–H groups in total. The summed E-state index contributed by atoms with van der Waals surface area (Å²) in [6.07, 6.45) is 2.81. The summed E-state index contributed by atoms with van der Waals surface area (Å²) in [4.78, 5) is 12.0. The van der Waals surface area contributed by atoms with Gasteiger partial charge in [-0.2, -0.15) is 0 Å². The summed E-state index contributed by atoms with van der Waals surface area (Å²) in [5.41, 5.74) is 1.32. The normalized spacial score (nSPS) is 26.4. The van der Waals surface area contributed by atoms with Crippen LogP contribution in [0.3, 0.4) is 0 Å². The van der Waals surface area contributed by atoms with Crippen LogP contribution in [0.1, 0.15) is 37.3 Å². The Balaban J connectivity index is 2.17. The Morgan fingerprint density at radius 1 is 1.47 bits per heavy atom. The molecule has 3 nitrogen and oxygen atoms in total. The summed E-state index contributed by atoms with van der Waals surface area (Å²) in [7, 11) is 0. The minimum atomic E-state index is -0.946. The van der Waals surface area contributed by atoms with E-state index in [-0.39, 0.29) is 11.9 Å². The summed E-state index contributed by atoms with van der Waals surface area (Å²) in [6, 6.07) is 8.02. The van der Waals surface area contributed by atoms with Crippen molar-refractivity contribution in [2.24, 2.45) is 5.92 Å². The molecule has 1 fully saturated rings. The number of carbonyl (C=O) groups is 1. The molecule has 2 atom stereocenters. The quantitative estimate of drug-likeness (QED) is 0.848. The standard InChI is InChI=1S/C16H22O3/c1-3-19-15(17)14-9-6-10-16(14,18)11-13-8-5-4-7-12(13)2/h4-5,7-8,14,18H,3,6,9-11H2,1-2H3. The highest BCUT2D eigenvalue weighted by Gasteiger charge is 2.46. The van der Waals surface area contributed by atoms with Gasteiger partial charge in [-0.1, -0.05) is 24.3 Å². The molecule has 3 heteroatoms. The largest absolute Gasteiger partial charge is 0.466 e. The summed E-state index contributed by atoms with van der Waals surface area (Å²) in [6.45, 7) is 4.20. The summed E-state index contributed by atoms with van der Waals surface area (Å²) >= 11 is 0. The van der Waals surface area contributed by atoms with Crippen molar-refractivity contribution >= 4 is 5.97 Å². The van der Waals surface area contributed by atoms with Gasteiger partial charge in [0.1, 0.15) is 0 Å². The predicted molar refractivity (Wildman–Crippen MR) is 73.8 cm³/mol. The fourth-order valence-corrected chi connectivity index (χ4v) is 2.99. The van der Waals surface area contributed by atoms with Gasteiger partial charge < -0.3 is 9.84 Å². The van der Waals surface area contributed by atoms with Gasteiger partial charge in [-0.25, -0.2) is 0 Å². The van der Waals surface area contributed by atoms with E-state index >= 15 is 0 Å². The van der Waals surface area contributed by atoms with Crippen molar-refractivity contribution in [2.75, 3.05) is 6.61 Å². The lowest BCUT2D eigenvalue weighted by molar-refractivity contribution is -0.156. The SMILES string of the molecule is CCOC(=O)C1CCCC1(O)Cc1ccccc1C. The highest BCUT2D eigenvalue weighted by atomic mass is 16.5. The van der Waals surface area contributed by atoms with Crippen LogP contribution in [0.25, 0.3) is 0 Å². The Bertz CT molecular complexity index is 455. The second kappa shape index (κ2) is 5.74. The molecule has 0 aromatic heterocycles. The van der Waals surface area contributed by atoms with Gasteiger partial charge >= 0.3 is 5.97 Å². The Labute approximate surface area is 114 Å². The van der Waals surface area contributed by atoms with E-state index in [0.717, 1.165) is 24.0 Å². The van der Waals surface area contributed by atoms with Gasteiger partial charge in [0.2, 0.25) is 0 Å². The first kappa shape index (κ1) is 14.1. The molecule has 0 bridgehead atoms. The van der Waals surface area contributed by atoms with Crippen LogP contribution in [-0.4, -0.2) is 23.3 Å². The molecule has 19 heavy (non-hydrogen) atoms. The fourth-order valence-electron chi connectivity index (χ4n) is 2.99. The molecule has 1 aliphatic carbocycles. The molecule has 2 rings (SSSR count). The molecular weight excluding hydrogens is 240 g/mol. The average molecular weight is 262 g/mol. The third-order valence-electron chi connectivity index (χ3n) is 4.08. The van der Waals surface area contributed by atoms with E-state index < -0.39 is 5.60 Å². The van der Waals surface area contributed by atoms with Crippen molar-refractivity contribution in [2.45, 2.75) is 45.1 Å². The van der Waals surface area contributed by atoms with Gasteiger partial charge in [0.05, 0.1) is 18.1 Å². The topological polar surface area (TPSA) is 46.5 Å². The number of carbonyl (C=O) groups excluding carboxylic acids is 1. The van der Waals surface area contributed by atoms with E-state index in [0.29, 0.717) is 19.4 Å². The van der Waals surface area contributed by atoms with Crippen LogP contribution >= 0.6 is 0 Å². The molecule has 0 aliphatic heterocycles. The van der Waals surface area contributed by atoms with Crippen molar-refractivity contribution in [3.63, 3.8) is 0 Å². The minimum absolute atomic E-state index is 0.254. The van der Waals surface area contributed by atoms with Crippen LogP contribution in [-0.2, 0) is 16.0 Å². The van der Waals surface area contributed by atoms with E-state index in [1.807, 2.05) is 31.2 Å². The monoisotopic (exact) mass is 262 g/mol. The predicted octanol–water partition coefficient (Wildman–Crippen LogP) is 2.63. The Morgan fingerprint density at radius 2 is 2.21 bits per heavy atom. The number of hydrogen-bond donors (Lipinski definition) is 1. The maximum atomic E-state index is 12.0. The second-order valence-corrected chi connectivity index (χ2v) is 5.40. The summed E-state index contributed by atoms with van der Waals surface area (Å²) in [5, 5.41) is 10.8. The van der Waals surface area contributed by atoms with Crippen LogP contribution < -0.4 is 0 Å². The Kier molecular flexibility index (Phi) is 4.25. The molecule has 2 unspecified atom stereocenters. The van der Waals surface area contributed by atoms with Crippen molar-refractivity contribution < 1.29 is 14.6 Å². The van der Waals surface area contributed by atoms with E-state index in [1.165, 1.54) is 0 Å². The average Bonchev–Trinajstić information content (AvgIpc) is 2.74. The molecule has 0 heterocycles. The first-order valence-electron chi connectivity index (χ1n) is 7.00. The van der Waals surface area contributed by atoms with Gasteiger partial charge in [-0.3, -0.25) is 4.79 Å². The van der Waals surface area contributed by atoms with Crippen LogP contribution in [0.2, 0.25) is 0 Å². The lowest BCUT2D eigenvalue weighted by Gasteiger charge is -2.29. The van der Waals surface area contributed by atoms with Crippen molar-refractivity contribution in [3.05, 3.63) is 35.4 Å². The number of hydrogen-bond acceptors (Lipinski definition) is 3. The van der Waals surface area contributed by atoms with Gasteiger partial charge in [0, 0.05) is 6.42 Å². The number of benzene rings is 1. The zero-order valence-electron chi connectivity index (χ0n) is 11.7. The van der Waals surface area contributed by atoms with Crippen LogP contribution in [0.15, 0.2) is 24.3 Å². The van der Waals surface area contributed by atoms with Crippen LogP contribution in [0.5, 0.6) is 0 Å². The van der Waals surface area contributed by atoms with E-state index in [9.17, 15) is 9.90 Å². The molecule has 0 spiro atoms.